The molecule has 2 unspecified atom stereocenters. The number of nitrogens with one attached hydrogen (secondary N) is 1. The van der Waals surface area contributed by atoms with Gasteiger partial charge in [-0.05, 0) is 32.2 Å². The van der Waals surface area contributed by atoms with E-state index in [1.807, 2.05) is 0 Å². The van der Waals surface area contributed by atoms with Gasteiger partial charge in [-0.25, -0.2) is 0 Å². The van der Waals surface area contributed by atoms with E-state index >= 15 is 0 Å². The van der Waals surface area contributed by atoms with Crippen LogP contribution in [0.5, 0.6) is 0 Å². The monoisotopic (exact) mass is 173 g/mol. The summed E-state index contributed by atoms with van der Waals surface area (Å²) in [7, 11) is 1.77. The Morgan fingerprint density at radius 1 is 1.33 bits per heavy atom. The predicted molar refractivity (Wildman–Crippen MR) is 53.4 cm³/mol. The van der Waals surface area contributed by atoms with Gasteiger partial charge < -0.3 is 10.1 Å². The Hall–Kier alpha value is -0.0800. The summed E-state index contributed by atoms with van der Waals surface area (Å²) in [5, 5.41) is 3.49. The quantitative estimate of drug-likeness (QED) is 0.636. The molecule has 0 saturated carbocycles. The summed E-state index contributed by atoms with van der Waals surface area (Å²) >= 11 is 0. The summed E-state index contributed by atoms with van der Waals surface area (Å²) in [6.07, 6.45) is 2.39. The van der Waals surface area contributed by atoms with Crippen molar-refractivity contribution in [2.45, 2.75) is 39.7 Å². The number of ether oxygens (including phenoxy) is 1. The molecule has 0 heterocycles. The van der Waals surface area contributed by atoms with Crippen LogP contribution in [-0.4, -0.2) is 26.3 Å². The zero-order valence-electron chi connectivity index (χ0n) is 8.89. The molecule has 0 radical (unpaired) electrons. The topological polar surface area (TPSA) is 21.3 Å². The Bertz CT molecular complexity index is 95.8. The second-order valence-electron chi connectivity index (χ2n) is 3.37. The van der Waals surface area contributed by atoms with Crippen LogP contribution in [-0.2, 0) is 4.74 Å². The molecule has 0 spiro atoms. The largest absolute Gasteiger partial charge is 0.384 e. The summed E-state index contributed by atoms with van der Waals surface area (Å²) in [5.74, 6) is 0.654. The van der Waals surface area contributed by atoms with Gasteiger partial charge in [-0.2, -0.15) is 0 Å². The molecular formula is C10H23NO. The molecule has 0 rings (SSSR count). The third-order valence-corrected chi connectivity index (χ3v) is 2.33. The van der Waals surface area contributed by atoms with Gasteiger partial charge in [0.1, 0.15) is 0 Å². The van der Waals surface area contributed by atoms with Crippen molar-refractivity contribution in [1.82, 2.24) is 5.32 Å². The van der Waals surface area contributed by atoms with Crippen LogP contribution >= 0.6 is 0 Å². The van der Waals surface area contributed by atoms with Gasteiger partial charge in [-0.3, -0.25) is 0 Å². The first-order valence-corrected chi connectivity index (χ1v) is 4.98. The zero-order valence-corrected chi connectivity index (χ0v) is 8.89. The SMILES string of the molecule is CCCNC(C)C(CC)COC. The summed E-state index contributed by atoms with van der Waals surface area (Å²) < 4.78 is 5.16. The minimum atomic E-state index is 0.579. The van der Waals surface area contributed by atoms with E-state index in [4.69, 9.17) is 4.74 Å². The molecule has 0 aromatic carbocycles. The van der Waals surface area contributed by atoms with E-state index in [9.17, 15) is 0 Å². The molecule has 0 aliphatic heterocycles. The maximum atomic E-state index is 5.16. The maximum Gasteiger partial charge on any atom is 0.0505 e. The van der Waals surface area contributed by atoms with E-state index in [0.717, 1.165) is 13.2 Å². The van der Waals surface area contributed by atoms with Crippen LogP contribution in [0.15, 0.2) is 0 Å². The highest BCUT2D eigenvalue weighted by atomic mass is 16.5. The number of hydrogen-bond donors (Lipinski definition) is 1. The van der Waals surface area contributed by atoms with Gasteiger partial charge in [0.2, 0.25) is 0 Å². The smallest absolute Gasteiger partial charge is 0.0505 e. The Kier molecular flexibility index (Phi) is 7.51. The van der Waals surface area contributed by atoms with Crippen LogP contribution in [0.2, 0.25) is 0 Å². The molecule has 0 aliphatic carbocycles. The molecule has 0 aromatic heterocycles. The Morgan fingerprint density at radius 2 is 2.00 bits per heavy atom. The summed E-state index contributed by atoms with van der Waals surface area (Å²) in [6, 6.07) is 0.579. The lowest BCUT2D eigenvalue weighted by Crippen LogP contribution is -2.35. The maximum absolute atomic E-state index is 5.16. The van der Waals surface area contributed by atoms with Gasteiger partial charge in [0, 0.05) is 13.2 Å². The Morgan fingerprint density at radius 3 is 2.42 bits per heavy atom. The molecule has 12 heavy (non-hydrogen) atoms. The molecule has 0 aromatic rings. The van der Waals surface area contributed by atoms with Crippen LogP contribution < -0.4 is 5.32 Å². The summed E-state index contributed by atoms with van der Waals surface area (Å²) in [6.45, 7) is 8.63. The molecule has 74 valence electrons. The van der Waals surface area contributed by atoms with E-state index in [0.29, 0.717) is 12.0 Å². The van der Waals surface area contributed by atoms with Crippen LogP contribution in [0, 0.1) is 5.92 Å². The molecule has 1 N–H and O–H groups in total. The fourth-order valence-corrected chi connectivity index (χ4v) is 1.37. The predicted octanol–water partition coefficient (Wildman–Crippen LogP) is 2.05. The van der Waals surface area contributed by atoms with Gasteiger partial charge in [0.05, 0.1) is 6.61 Å². The van der Waals surface area contributed by atoms with Crippen LogP contribution in [0.3, 0.4) is 0 Å². The number of hydrogen-bond acceptors (Lipinski definition) is 2. The fraction of sp³-hybridized carbons (Fsp3) is 1.00. The lowest BCUT2D eigenvalue weighted by Gasteiger charge is -2.22. The fourth-order valence-electron chi connectivity index (χ4n) is 1.37. The highest BCUT2D eigenvalue weighted by Crippen LogP contribution is 2.08. The second kappa shape index (κ2) is 7.56. The average molecular weight is 173 g/mol. The number of rotatable bonds is 7. The van der Waals surface area contributed by atoms with Gasteiger partial charge in [0.25, 0.3) is 0 Å². The summed E-state index contributed by atoms with van der Waals surface area (Å²) in [5.41, 5.74) is 0. The normalized spacial score (nSPS) is 16.0. The lowest BCUT2D eigenvalue weighted by atomic mass is 9.99. The van der Waals surface area contributed by atoms with E-state index in [-0.39, 0.29) is 0 Å². The molecular weight excluding hydrogens is 150 g/mol. The summed E-state index contributed by atoms with van der Waals surface area (Å²) in [4.78, 5) is 0. The number of methoxy groups -OCH3 is 1. The third-order valence-electron chi connectivity index (χ3n) is 2.33. The molecule has 0 amide bonds. The first kappa shape index (κ1) is 11.9. The van der Waals surface area contributed by atoms with Crippen molar-refractivity contribution in [2.24, 2.45) is 5.92 Å². The molecule has 0 aliphatic rings. The molecule has 0 fully saturated rings. The van der Waals surface area contributed by atoms with Crippen molar-refractivity contribution >= 4 is 0 Å². The van der Waals surface area contributed by atoms with E-state index in [2.05, 4.69) is 26.1 Å². The van der Waals surface area contributed by atoms with E-state index in [1.165, 1.54) is 12.8 Å². The van der Waals surface area contributed by atoms with Crippen LogP contribution in [0.4, 0.5) is 0 Å². The average Bonchev–Trinajstić information content (AvgIpc) is 2.10. The Balaban J connectivity index is 3.60. The van der Waals surface area contributed by atoms with Gasteiger partial charge in [0.15, 0.2) is 0 Å². The minimum absolute atomic E-state index is 0.579. The highest BCUT2D eigenvalue weighted by Gasteiger charge is 2.13. The van der Waals surface area contributed by atoms with Gasteiger partial charge in [-0.1, -0.05) is 13.8 Å². The van der Waals surface area contributed by atoms with E-state index < -0.39 is 0 Å². The molecule has 0 saturated heterocycles. The first-order chi connectivity index (χ1) is 5.76. The van der Waals surface area contributed by atoms with Crippen molar-refractivity contribution in [3.63, 3.8) is 0 Å². The van der Waals surface area contributed by atoms with Gasteiger partial charge in [-0.15, -0.1) is 0 Å². The van der Waals surface area contributed by atoms with Crippen molar-refractivity contribution in [2.75, 3.05) is 20.3 Å². The molecule has 0 bridgehead atoms. The molecule has 2 heteroatoms. The Labute approximate surface area is 76.7 Å². The van der Waals surface area contributed by atoms with Crippen molar-refractivity contribution in [3.8, 4) is 0 Å². The van der Waals surface area contributed by atoms with Gasteiger partial charge >= 0.3 is 0 Å². The minimum Gasteiger partial charge on any atom is -0.384 e. The van der Waals surface area contributed by atoms with Crippen LogP contribution in [0.25, 0.3) is 0 Å². The van der Waals surface area contributed by atoms with E-state index in [1.54, 1.807) is 7.11 Å². The molecule has 2 atom stereocenters. The second-order valence-corrected chi connectivity index (χ2v) is 3.37. The lowest BCUT2D eigenvalue weighted by molar-refractivity contribution is 0.132. The standard InChI is InChI=1S/C10H23NO/c1-5-7-11-9(3)10(6-2)8-12-4/h9-11H,5-8H2,1-4H3. The third kappa shape index (κ3) is 4.73. The zero-order chi connectivity index (χ0) is 9.40. The molecule has 2 nitrogen and oxygen atoms in total. The first-order valence-electron chi connectivity index (χ1n) is 4.98. The van der Waals surface area contributed by atoms with Crippen molar-refractivity contribution in [1.29, 1.82) is 0 Å². The van der Waals surface area contributed by atoms with Crippen molar-refractivity contribution < 1.29 is 4.74 Å². The van der Waals surface area contributed by atoms with Crippen LogP contribution in [0.1, 0.15) is 33.6 Å². The van der Waals surface area contributed by atoms with Crippen molar-refractivity contribution in [3.05, 3.63) is 0 Å². The highest BCUT2D eigenvalue weighted by molar-refractivity contribution is 4.70.